The van der Waals surface area contributed by atoms with Crippen LogP contribution in [0.5, 0.6) is 5.75 Å². The number of aliphatic hydroxyl groups is 3. The highest BCUT2D eigenvalue weighted by molar-refractivity contribution is 5.26. The van der Waals surface area contributed by atoms with Crippen molar-refractivity contribution in [2.45, 2.75) is 90.1 Å². The molecule has 0 bridgehead atoms. The molecule has 3 rings (SSSR count). The molecule has 10 atom stereocenters. The van der Waals surface area contributed by atoms with Crippen LogP contribution in [0, 0.1) is 17.8 Å². The van der Waals surface area contributed by atoms with Crippen molar-refractivity contribution in [3.63, 3.8) is 0 Å². The SMILES string of the molecule is CCC1O[C@H](O[C@@H]2C(C)C[C@@H](C)C(O)[C@H]2O)C(C)[C@H](OCc2ccc(OC)cc2)[C@@H]1O. The van der Waals surface area contributed by atoms with Gasteiger partial charge in [0.15, 0.2) is 6.29 Å². The van der Waals surface area contributed by atoms with Crippen LogP contribution >= 0.6 is 0 Å². The van der Waals surface area contributed by atoms with Crippen molar-refractivity contribution < 1.29 is 34.3 Å². The largest absolute Gasteiger partial charge is 0.497 e. The summed E-state index contributed by atoms with van der Waals surface area (Å²) < 4.78 is 23.7. The summed E-state index contributed by atoms with van der Waals surface area (Å²) in [4.78, 5) is 0. The lowest BCUT2D eigenvalue weighted by atomic mass is 9.77. The van der Waals surface area contributed by atoms with Crippen LogP contribution in [0.3, 0.4) is 0 Å². The average molecular weight is 439 g/mol. The molecule has 0 amide bonds. The van der Waals surface area contributed by atoms with E-state index >= 15 is 0 Å². The second-order valence-electron chi connectivity index (χ2n) is 9.20. The van der Waals surface area contributed by atoms with Crippen LogP contribution in [-0.2, 0) is 20.8 Å². The van der Waals surface area contributed by atoms with Crippen LogP contribution in [0.15, 0.2) is 24.3 Å². The Balaban J connectivity index is 1.69. The Bertz CT molecular complexity index is 681. The summed E-state index contributed by atoms with van der Waals surface area (Å²) in [6.45, 7) is 8.18. The minimum absolute atomic E-state index is 0.0142. The normalized spacial score (nSPS) is 41.2. The number of rotatable bonds is 7. The quantitative estimate of drug-likeness (QED) is 0.602. The first-order valence-electron chi connectivity index (χ1n) is 11.4. The van der Waals surface area contributed by atoms with Gasteiger partial charge in [0.2, 0.25) is 0 Å². The molecule has 0 radical (unpaired) electrons. The van der Waals surface area contributed by atoms with Crippen LogP contribution in [0.2, 0.25) is 0 Å². The first-order chi connectivity index (χ1) is 14.8. The molecule has 176 valence electrons. The highest BCUT2D eigenvalue weighted by Crippen LogP contribution is 2.37. The Hall–Kier alpha value is -1.22. The predicted molar refractivity (Wildman–Crippen MR) is 116 cm³/mol. The summed E-state index contributed by atoms with van der Waals surface area (Å²) in [5, 5.41) is 31.8. The number of aliphatic hydroxyl groups excluding tert-OH is 3. The maximum Gasteiger partial charge on any atom is 0.163 e. The molecule has 1 aromatic rings. The van der Waals surface area contributed by atoms with Crippen molar-refractivity contribution in [3.8, 4) is 5.75 Å². The van der Waals surface area contributed by atoms with Crippen molar-refractivity contribution in [2.24, 2.45) is 17.8 Å². The second-order valence-corrected chi connectivity index (χ2v) is 9.20. The number of methoxy groups -OCH3 is 1. The van der Waals surface area contributed by atoms with Gasteiger partial charge < -0.3 is 34.3 Å². The first kappa shape index (κ1) is 24.4. The van der Waals surface area contributed by atoms with Gasteiger partial charge in [0.25, 0.3) is 0 Å². The predicted octanol–water partition coefficient (Wildman–Crippen LogP) is 2.50. The topological polar surface area (TPSA) is 97.6 Å². The number of ether oxygens (including phenoxy) is 4. The summed E-state index contributed by atoms with van der Waals surface area (Å²) in [7, 11) is 1.63. The number of hydrogen-bond donors (Lipinski definition) is 3. The third kappa shape index (κ3) is 5.41. The van der Waals surface area contributed by atoms with Gasteiger partial charge in [0.05, 0.1) is 38.1 Å². The summed E-state index contributed by atoms with van der Waals surface area (Å²) >= 11 is 0. The average Bonchev–Trinajstić information content (AvgIpc) is 2.76. The monoisotopic (exact) mass is 438 g/mol. The first-order valence-corrected chi connectivity index (χ1v) is 11.4. The Morgan fingerprint density at radius 1 is 0.935 bits per heavy atom. The lowest BCUT2D eigenvalue weighted by Crippen LogP contribution is -2.58. The summed E-state index contributed by atoms with van der Waals surface area (Å²) in [6.07, 6.45) is -3.29. The van der Waals surface area contributed by atoms with Crippen LogP contribution < -0.4 is 4.74 Å². The third-order valence-corrected chi connectivity index (χ3v) is 6.84. The van der Waals surface area contributed by atoms with Crippen LogP contribution in [0.25, 0.3) is 0 Å². The molecule has 1 saturated carbocycles. The van der Waals surface area contributed by atoms with Crippen molar-refractivity contribution in [1.82, 2.24) is 0 Å². The standard InChI is InChI=1S/C24H38O7/c1-6-18-20(26)23(29-12-16-7-9-17(28-5)10-8-16)15(4)24(30-18)31-22-14(3)11-13(2)19(25)21(22)27/h7-10,13-15,18-27H,6,11-12H2,1-5H3/t13-,14?,15?,18?,19?,20-,21-,22-,23+,24-/m1/s1. The second kappa shape index (κ2) is 10.6. The minimum atomic E-state index is -0.972. The van der Waals surface area contributed by atoms with Gasteiger partial charge in [0.1, 0.15) is 18.0 Å². The van der Waals surface area contributed by atoms with Gasteiger partial charge in [-0.1, -0.05) is 39.8 Å². The fourth-order valence-electron chi connectivity index (χ4n) is 4.81. The number of hydrogen-bond acceptors (Lipinski definition) is 7. The van der Waals surface area contributed by atoms with E-state index in [0.717, 1.165) is 17.7 Å². The van der Waals surface area contributed by atoms with Crippen molar-refractivity contribution in [1.29, 1.82) is 0 Å². The zero-order valence-electron chi connectivity index (χ0n) is 19.2. The molecule has 1 saturated heterocycles. The molecule has 2 fully saturated rings. The molecule has 0 spiro atoms. The van der Waals surface area contributed by atoms with Gasteiger partial charge >= 0.3 is 0 Å². The van der Waals surface area contributed by atoms with E-state index in [2.05, 4.69) is 0 Å². The molecule has 1 aliphatic heterocycles. The molecule has 2 aliphatic rings. The van der Waals surface area contributed by atoms with Crippen molar-refractivity contribution in [3.05, 3.63) is 29.8 Å². The van der Waals surface area contributed by atoms with Crippen LogP contribution in [0.1, 0.15) is 46.1 Å². The van der Waals surface area contributed by atoms with E-state index in [1.54, 1.807) is 7.11 Å². The Kier molecular flexibility index (Phi) is 8.35. The van der Waals surface area contributed by atoms with E-state index in [-0.39, 0.29) is 17.8 Å². The lowest BCUT2D eigenvalue weighted by Gasteiger charge is -2.47. The Morgan fingerprint density at radius 2 is 1.61 bits per heavy atom. The maximum atomic E-state index is 10.8. The van der Waals surface area contributed by atoms with Gasteiger partial charge in [-0.15, -0.1) is 0 Å². The van der Waals surface area contributed by atoms with Gasteiger partial charge in [-0.05, 0) is 42.4 Å². The maximum absolute atomic E-state index is 10.8. The zero-order valence-corrected chi connectivity index (χ0v) is 19.2. The highest BCUT2D eigenvalue weighted by atomic mass is 16.7. The third-order valence-electron chi connectivity index (χ3n) is 6.84. The summed E-state index contributed by atoms with van der Waals surface area (Å²) in [5.41, 5.74) is 0.977. The van der Waals surface area contributed by atoms with Crippen LogP contribution in [0.4, 0.5) is 0 Å². The molecule has 1 heterocycles. The summed E-state index contributed by atoms with van der Waals surface area (Å²) in [5.74, 6) is 0.612. The van der Waals surface area contributed by atoms with E-state index in [9.17, 15) is 15.3 Å². The molecule has 4 unspecified atom stereocenters. The molecule has 31 heavy (non-hydrogen) atoms. The van der Waals surface area contributed by atoms with Crippen LogP contribution in [-0.4, -0.2) is 65.3 Å². The molecular weight excluding hydrogens is 400 g/mol. The Labute approximate surface area is 185 Å². The van der Waals surface area contributed by atoms with Gasteiger partial charge in [-0.25, -0.2) is 0 Å². The Morgan fingerprint density at radius 3 is 2.23 bits per heavy atom. The molecular formula is C24H38O7. The van der Waals surface area contributed by atoms with E-state index in [0.29, 0.717) is 13.0 Å². The molecule has 0 aromatic heterocycles. The van der Waals surface area contributed by atoms with Gasteiger partial charge in [0, 0.05) is 5.92 Å². The van der Waals surface area contributed by atoms with Gasteiger partial charge in [-0.3, -0.25) is 0 Å². The fraction of sp³-hybridized carbons (Fsp3) is 0.750. The zero-order chi connectivity index (χ0) is 22.7. The van der Waals surface area contributed by atoms with Crippen molar-refractivity contribution >= 4 is 0 Å². The van der Waals surface area contributed by atoms with Crippen molar-refractivity contribution in [2.75, 3.05) is 7.11 Å². The molecule has 1 aliphatic carbocycles. The fourth-order valence-corrected chi connectivity index (χ4v) is 4.81. The van der Waals surface area contributed by atoms with E-state index < -0.39 is 42.9 Å². The van der Waals surface area contributed by atoms with E-state index in [1.807, 2.05) is 52.0 Å². The molecule has 7 heteroatoms. The molecule has 1 aromatic carbocycles. The van der Waals surface area contributed by atoms with Gasteiger partial charge in [-0.2, -0.15) is 0 Å². The molecule has 3 N–H and O–H groups in total. The minimum Gasteiger partial charge on any atom is -0.497 e. The van der Waals surface area contributed by atoms with E-state index in [4.69, 9.17) is 18.9 Å². The number of benzene rings is 1. The van der Waals surface area contributed by atoms with E-state index in [1.165, 1.54) is 0 Å². The summed E-state index contributed by atoms with van der Waals surface area (Å²) in [6, 6.07) is 7.62. The lowest BCUT2D eigenvalue weighted by molar-refractivity contribution is -0.315. The molecule has 7 nitrogen and oxygen atoms in total. The highest BCUT2D eigenvalue weighted by Gasteiger charge is 2.47. The smallest absolute Gasteiger partial charge is 0.163 e.